The summed E-state index contributed by atoms with van der Waals surface area (Å²) in [4.78, 5) is 43.5. The molecule has 3 rings (SSSR count). The Morgan fingerprint density at radius 2 is 2.00 bits per heavy atom. The highest BCUT2D eigenvalue weighted by Gasteiger charge is 2.36. The summed E-state index contributed by atoms with van der Waals surface area (Å²) >= 11 is 0. The van der Waals surface area contributed by atoms with Crippen LogP contribution in [-0.4, -0.2) is 63.1 Å². The van der Waals surface area contributed by atoms with E-state index in [9.17, 15) is 22.8 Å². The maximum atomic E-state index is 12.3. The summed E-state index contributed by atoms with van der Waals surface area (Å²) in [6.07, 6.45) is 2.54. The highest BCUT2D eigenvalue weighted by molar-refractivity contribution is 7.88. The van der Waals surface area contributed by atoms with Crippen LogP contribution in [0, 0.1) is 0 Å². The van der Waals surface area contributed by atoms with Crippen molar-refractivity contribution in [3.8, 4) is 0 Å². The van der Waals surface area contributed by atoms with Crippen LogP contribution in [0.1, 0.15) is 18.7 Å². The summed E-state index contributed by atoms with van der Waals surface area (Å²) < 4.78 is 26.9. The van der Waals surface area contributed by atoms with Crippen LogP contribution in [-0.2, 0) is 35.3 Å². The van der Waals surface area contributed by atoms with Crippen molar-refractivity contribution in [1.29, 1.82) is 0 Å². The number of aryl methyl sites for hydroxylation is 1. The first-order valence-corrected chi connectivity index (χ1v) is 10.3. The van der Waals surface area contributed by atoms with Gasteiger partial charge < -0.3 is 10.3 Å². The van der Waals surface area contributed by atoms with Gasteiger partial charge in [0.1, 0.15) is 17.4 Å². The summed E-state index contributed by atoms with van der Waals surface area (Å²) in [6, 6.07) is -0.691. The average molecular weight is 398 g/mol. The van der Waals surface area contributed by atoms with Crippen LogP contribution < -0.4 is 16.6 Å². The lowest BCUT2D eigenvalue weighted by atomic mass is 10.2. The van der Waals surface area contributed by atoms with Gasteiger partial charge in [-0.05, 0) is 12.8 Å². The maximum Gasteiger partial charge on any atom is 0.332 e. The van der Waals surface area contributed by atoms with Crippen molar-refractivity contribution < 1.29 is 13.2 Å². The second-order valence-corrected chi connectivity index (χ2v) is 8.60. The van der Waals surface area contributed by atoms with Gasteiger partial charge in [-0.15, -0.1) is 0 Å². The van der Waals surface area contributed by atoms with Crippen molar-refractivity contribution in [2.45, 2.75) is 25.3 Å². The van der Waals surface area contributed by atoms with Crippen LogP contribution in [0.15, 0.2) is 9.59 Å². The minimum atomic E-state index is -3.42. The molecule has 11 nitrogen and oxygen atoms in total. The molecule has 3 heterocycles. The van der Waals surface area contributed by atoms with Gasteiger partial charge in [0.2, 0.25) is 15.9 Å². The Morgan fingerprint density at radius 3 is 2.67 bits per heavy atom. The molecule has 1 saturated heterocycles. The zero-order chi connectivity index (χ0) is 19.9. The molecule has 1 amide bonds. The number of nitrogens with zero attached hydrogens (tertiary/aromatic N) is 4. The molecule has 2 aromatic heterocycles. The van der Waals surface area contributed by atoms with E-state index in [-0.39, 0.29) is 23.6 Å². The molecule has 0 radical (unpaired) electrons. The molecule has 1 unspecified atom stereocenters. The smallest absolute Gasteiger partial charge is 0.332 e. The zero-order valence-electron chi connectivity index (χ0n) is 15.4. The SMILES string of the molecule is Cn1c(=O)c2[nH]c(CCNC(=O)C3CCCN3S(C)(=O)=O)nc2n(C)c1=O. The number of sulfonamides is 1. The number of H-pyrrole nitrogens is 1. The number of carbonyl (C=O) groups excluding carboxylic acids is 1. The number of carbonyl (C=O) groups is 1. The van der Waals surface area contributed by atoms with E-state index in [1.165, 1.54) is 23.0 Å². The van der Waals surface area contributed by atoms with E-state index >= 15 is 0 Å². The first-order chi connectivity index (χ1) is 12.6. The molecule has 1 atom stereocenters. The molecule has 0 spiro atoms. The third-order valence-electron chi connectivity index (χ3n) is 4.74. The molecule has 0 saturated carbocycles. The zero-order valence-corrected chi connectivity index (χ0v) is 16.2. The minimum absolute atomic E-state index is 0.222. The summed E-state index contributed by atoms with van der Waals surface area (Å²) in [5.74, 6) is 0.104. The van der Waals surface area contributed by atoms with Gasteiger partial charge in [0, 0.05) is 33.6 Å². The Balaban J connectivity index is 1.70. The summed E-state index contributed by atoms with van der Waals surface area (Å²) in [6.45, 7) is 0.568. The average Bonchev–Trinajstić information content (AvgIpc) is 3.25. The number of aromatic amines is 1. The molecule has 2 aromatic rings. The third-order valence-corrected chi connectivity index (χ3v) is 6.03. The molecule has 27 heavy (non-hydrogen) atoms. The number of amides is 1. The van der Waals surface area contributed by atoms with Gasteiger partial charge in [0.15, 0.2) is 5.65 Å². The fraction of sp³-hybridized carbons (Fsp3) is 0.600. The molecule has 0 aliphatic carbocycles. The highest BCUT2D eigenvalue weighted by atomic mass is 32.2. The number of aromatic nitrogens is 4. The molecule has 1 aliphatic rings. The minimum Gasteiger partial charge on any atom is -0.354 e. The number of fused-ring (bicyclic) bond motifs is 1. The molecule has 12 heteroatoms. The van der Waals surface area contributed by atoms with Crippen LogP contribution in [0.2, 0.25) is 0 Å². The topological polar surface area (TPSA) is 139 Å². The third kappa shape index (κ3) is 3.54. The van der Waals surface area contributed by atoms with E-state index in [1.54, 1.807) is 0 Å². The lowest BCUT2D eigenvalue weighted by Gasteiger charge is -2.21. The van der Waals surface area contributed by atoms with E-state index < -0.39 is 27.3 Å². The molecular formula is C15H22N6O5S. The number of rotatable bonds is 5. The number of hydrogen-bond acceptors (Lipinski definition) is 6. The maximum absolute atomic E-state index is 12.3. The molecule has 1 aliphatic heterocycles. The summed E-state index contributed by atoms with van der Waals surface area (Å²) in [5.41, 5.74) is -0.463. The predicted molar refractivity (Wildman–Crippen MR) is 97.9 cm³/mol. The number of nitrogens with one attached hydrogen (secondary N) is 2. The van der Waals surface area contributed by atoms with Gasteiger partial charge in [-0.1, -0.05) is 0 Å². The highest BCUT2D eigenvalue weighted by Crippen LogP contribution is 2.20. The van der Waals surface area contributed by atoms with Crippen LogP contribution in [0.5, 0.6) is 0 Å². The number of hydrogen-bond donors (Lipinski definition) is 2. The fourth-order valence-electron chi connectivity index (χ4n) is 3.31. The largest absolute Gasteiger partial charge is 0.354 e. The lowest BCUT2D eigenvalue weighted by molar-refractivity contribution is -0.124. The van der Waals surface area contributed by atoms with Crippen molar-refractivity contribution in [3.05, 3.63) is 26.7 Å². The van der Waals surface area contributed by atoms with Gasteiger partial charge in [0.25, 0.3) is 5.56 Å². The Labute approximate surface area is 155 Å². The Hall–Kier alpha value is -2.47. The van der Waals surface area contributed by atoms with Gasteiger partial charge in [-0.25, -0.2) is 18.2 Å². The molecule has 0 aromatic carbocycles. The molecule has 0 bridgehead atoms. The first kappa shape index (κ1) is 19.3. The van der Waals surface area contributed by atoms with Gasteiger partial charge in [-0.2, -0.15) is 4.31 Å². The van der Waals surface area contributed by atoms with Crippen molar-refractivity contribution in [1.82, 2.24) is 28.7 Å². The van der Waals surface area contributed by atoms with Crippen LogP contribution in [0.3, 0.4) is 0 Å². The van der Waals surface area contributed by atoms with Crippen molar-refractivity contribution in [2.24, 2.45) is 14.1 Å². The monoisotopic (exact) mass is 398 g/mol. The second-order valence-electron chi connectivity index (χ2n) is 6.66. The molecule has 148 valence electrons. The molecule has 1 fully saturated rings. The van der Waals surface area contributed by atoms with E-state index in [1.807, 2.05) is 0 Å². The summed E-state index contributed by atoms with van der Waals surface area (Å²) in [7, 11) is -0.511. The van der Waals surface area contributed by atoms with E-state index in [0.717, 1.165) is 10.8 Å². The van der Waals surface area contributed by atoms with Crippen molar-refractivity contribution in [3.63, 3.8) is 0 Å². The van der Waals surface area contributed by atoms with E-state index in [2.05, 4.69) is 15.3 Å². The van der Waals surface area contributed by atoms with Gasteiger partial charge >= 0.3 is 5.69 Å². The summed E-state index contributed by atoms with van der Waals surface area (Å²) in [5, 5.41) is 2.71. The van der Waals surface area contributed by atoms with Crippen molar-refractivity contribution in [2.75, 3.05) is 19.3 Å². The fourth-order valence-corrected chi connectivity index (χ4v) is 4.44. The van der Waals surface area contributed by atoms with Crippen LogP contribution >= 0.6 is 0 Å². The Kier molecular flexibility index (Phi) is 4.95. The Morgan fingerprint density at radius 1 is 1.30 bits per heavy atom. The normalized spacial score (nSPS) is 18.3. The Bertz CT molecular complexity index is 1110. The van der Waals surface area contributed by atoms with Crippen molar-refractivity contribution >= 4 is 27.1 Å². The van der Waals surface area contributed by atoms with Gasteiger partial charge in [-0.3, -0.25) is 18.7 Å². The molecular weight excluding hydrogens is 376 g/mol. The molecule has 2 N–H and O–H groups in total. The van der Waals surface area contributed by atoms with E-state index in [0.29, 0.717) is 31.6 Å². The first-order valence-electron chi connectivity index (χ1n) is 8.50. The lowest BCUT2D eigenvalue weighted by Crippen LogP contribution is -2.45. The van der Waals surface area contributed by atoms with Crippen LogP contribution in [0.4, 0.5) is 0 Å². The number of imidazole rings is 1. The quantitative estimate of drug-likeness (QED) is 0.600. The predicted octanol–water partition coefficient (Wildman–Crippen LogP) is -1.96. The standard InChI is InChI=1S/C15H22N6O5S/c1-19-12-11(14(23)20(2)15(19)24)17-10(18-12)6-7-16-13(22)9-5-4-8-21(9)27(3,25)26/h9H,4-8H2,1-3H3,(H,16,22)(H,17,18). The van der Waals surface area contributed by atoms with Gasteiger partial charge in [0.05, 0.1) is 6.26 Å². The second kappa shape index (κ2) is 6.93. The van der Waals surface area contributed by atoms with E-state index in [4.69, 9.17) is 0 Å². The van der Waals surface area contributed by atoms with Crippen LogP contribution in [0.25, 0.3) is 11.2 Å².